The van der Waals surface area contributed by atoms with Crippen molar-refractivity contribution in [1.29, 1.82) is 0 Å². The summed E-state index contributed by atoms with van der Waals surface area (Å²) in [6.07, 6.45) is 0. The molecule has 0 saturated heterocycles. The average Bonchev–Trinajstić information content (AvgIpc) is 2.50. The quantitative estimate of drug-likeness (QED) is 0.814. The van der Waals surface area contributed by atoms with E-state index in [1.807, 2.05) is 44.4 Å². The van der Waals surface area contributed by atoms with Crippen LogP contribution in [0, 0.1) is 0 Å². The lowest BCUT2D eigenvalue weighted by molar-refractivity contribution is -0.890. The zero-order valence-electron chi connectivity index (χ0n) is 12.9. The third kappa shape index (κ3) is 4.68. The fourth-order valence-electron chi connectivity index (χ4n) is 2.29. The van der Waals surface area contributed by atoms with E-state index in [0.717, 1.165) is 10.5 Å². The van der Waals surface area contributed by atoms with Gasteiger partial charge in [-0.2, -0.15) is 0 Å². The smallest absolute Gasteiger partial charge is 0.242 e. The molecule has 0 saturated carbocycles. The van der Waals surface area contributed by atoms with E-state index in [2.05, 4.69) is 4.72 Å². The van der Waals surface area contributed by atoms with E-state index in [-0.39, 0.29) is 22.5 Å². The van der Waals surface area contributed by atoms with Crippen molar-refractivity contribution < 1.29 is 13.3 Å². The molecule has 0 fully saturated rings. The highest BCUT2D eigenvalue weighted by Gasteiger charge is 2.23. The normalized spacial score (nSPS) is 13.3. The maximum atomic E-state index is 12.5. The Hall–Kier alpha value is -1.11. The van der Waals surface area contributed by atoms with Gasteiger partial charge in [-0.25, -0.2) is 13.1 Å². The number of nitrogens with one attached hydrogen (secondary N) is 2. The molecule has 0 aromatic heterocycles. The van der Waals surface area contributed by atoms with Gasteiger partial charge in [0.25, 0.3) is 0 Å². The van der Waals surface area contributed by atoms with Crippen LogP contribution in [0.25, 0.3) is 0 Å². The number of quaternary nitrogens is 1. The van der Waals surface area contributed by atoms with E-state index in [1.165, 1.54) is 12.1 Å². The highest BCUT2D eigenvalue weighted by Crippen LogP contribution is 2.25. The number of sulfonamides is 1. The molecule has 2 N–H and O–H groups in total. The van der Waals surface area contributed by atoms with Gasteiger partial charge in [-0.15, -0.1) is 0 Å². The molecular formula is C16H19Cl2N2O2S+. The van der Waals surface area contributed by atoms with Gasteiger partial charge in [-0.3, -0.25) is 0 Å². The first-order chi connectivity index (χ1) is 10.8. The van der Waals surface area contributed by atoms with Crippen LogP contribution in [0.4, 0.5) is 0 Å². The van der Waals surface area contributed by atoms with Crippen LogP contribution in [-0.2, 0) is 10.0 Å². The summed E-state index contributed by atoms with van der Waals surface area (Å²) in [5.74, 6) is 0. The number of likely N-dealkylation sites (N-methyl/N-ethyl adjacent to an activating group) is 1. The van der Waals surface area contributed by atoms with Crippen molar-refractivity contribution in [2.75, 3.05) is 20.6 Å². The zero-order valence-corrected chi connectivity index (χ0v) is 15.2. The zero-order chi connectivity index (χ0) is 17.0. The largest absolute Gasteiger partial charge is 0.333 e. The van der Waals surface area contributed by atoms with Crippen molar-refractivity contribution in [2.24, 2.45) is 0 Å². The summed E-state index contributed by atoms with van der Waals surface area (Å²) in [5, 5.41) is 0.475. The number of rotatable bonds is 6. The number of benzene rings is 2. The maximum absolute atomic E-state index is 12.5. The van der Waals surface area contributed by atoms with Gasteiger partial charge in [0, 0.05) is 10.6 Å². The van der Waals surface area contributed by atoms with Crippen LogP contribution >= 0.6 is 23.2 Å². The molecule has 0 bridgehead atoms. The summed E-state index contributed by atoms with van der Waals surface area (Å²) in [6, 6.07) is 14.2. The topological polar surface area (TPSA) is 50.6 Å². The summed E-state index contributed by atoms with van der Waals surface area (Å²) in [6.45, 7) is 0.261. The van der Waals surface area contributed by atoms with Crippen molar-refractivity contribution in [2.45, 2.75) is 10.9 Å². The van der Waals surface area contributed by atoms with Gasteiger partial charge in [0.1, 0.15) is 10.9 Å². The minimum Gasteiger partial charge on any atom is -0.333 e. The summed E-state index contributed by atoms with van der Waals surface area (Å²) in [5.41, 5.74) is 1.06. The number of hydrogen-bond acceptors (Lipinski definition) is 2. The molecule has 0 aliphatic rings. The van der Waals surface area contributed by atoms with Crippen LogP contribution in [0.5, 0.6) is 0 Å². The second-order valence-electron chi connectivity index (χ2n) is 5.47. The molecule has 0 spiro atoms. The Morgan fingerprint density at radius 2 is 1.74 bits per heavy atom. The van der Waals surface area contributed by atoms with Crippen molar-refractivity contribution >= 4 is 33.2 Å². The van der Waals surface area contributed by atoms with Gasteiger partial charge in [0.05, 0.1) is 25.7 Å². The van der Waals surface area contributed by atoms with E-state index in [1.54, 1.807) is 6.07 Å². The lowest BCUT2D eigenvalue weighted by Gasteiger charge is -2.22. The van der Waals surface area contributed by atoms with Gasteiger partial charge < -0.3 is 4.90 Å². The fourth-order valence-corrected chi connectivity index (χ4v) is 4.10. The molecule has 0 unspecified atom stereocenters. The monoisotopic (exact) mass is 373 g/mol. The summed E-state index contributed by atoms with van der Waals surface area (Å²) in [7, 11) is 0.239. The highest BCUT2D eigenvalue weighted by molar-refractivity contribution is 7.89. The Bertz CT molecular complexity index is 765. The third-order valence-electron chi connectivity index (χ3n) is 3.56. The van der Waals surface area contributed by atoms with Gasteiger partial charge in [0.2, 0.25) is 10.0 Å². The first-order valence-electron chi connectivity index (χ1n) is 7.11. The van der Waals surface area contributed by atoms with Crippen molar-refractivity contribution in [3.05, 3.63) is 64.1 Å². The SMILES string of the molecule is C[NH+](C)[C@H](CNS(=O)(=O)c1cc(Cl)ccc1Cl)c1ccccc1. The molecule has 2 aromatic carbocycles. The van der Waals surface area contributed by atoms with E-state index in [4.69, 9.17) is 23.2 Å². The molecule has 124 valence electrons. The molecule has 0 aliphatic heterocycles. The molecule has 0 radical (unpaired) electrons. The first kappa shape index (κ1) is 18.2. The molecule has 23 heavy (non-hydrogen) atoms. The van der Waals surface area contributed by atoms with Crippen LogP contribution in [0.1, 0.15) is 11.6 Å². The molecule has 1 atom stereocenters. The first-order valence-corrected chi connectivity index (χ1v) is 9.35. The predicted octanol–water partition coefficient (Wildman–Crippen LogP) is 2.16. The third-order valence-corrected chi connectivity index (χ3v) is 5.70. The highest BCUT2D eigenvalue weighted by atomic mass is 35.5. The van der Waals surface area contributed by atoms with Crippen LogP contribution in [0.2, 0.25) is 10.0 Å². The van der Waals surface area contributed by atoms with Gasteiger partial charge in [-0.05, 0) is 18.2 Å². The molecule has 0 heterocycles. The Morgan fingerprint density at radius 1 is 1.09 bits per heavy atom. The van der Waals surface area contributed by atoms with E-state index < -0.39 is 10.0 Å². The van der Waals surface area contributed by atoms with E-state index in [9.17, 15) is 8.42 Å². The minimum atomic E-state index is -3.73. The van der Waals surface area contributed by atoms with Crippen molar-refractivity contribution in [1.82, 2.24) is 4.72 Å². The second kappa shape index (κ2) is 7.64. The summed E-state index contributed by atoms with van der Waals surface area (Å²) in [4.78, 5) is 1.11. The van der Waals surface area contributed by atoms with Gasteiger partial charge in [-0.1, -0.05) is 53.5 Å². The van der Waals surface area contributed by atoms with Gasteiger partial charge >= 0.3 is 0 Å². The van der Waals surface area contributed by atoms with Crippen LogP contribution < -0.4 is 9.62 Å². The van der Waals surface area contributed by atoms with Crippen LogP contribution in [0.3, 0.4) is 0 Å². The molecule has 0 aliphatic carbocycles. The lowest BCUT2D eigenvalue weighted by Crippen LogP contribution is -3.07. The van der Waals surface area contributed by atoms with Crippen molar-refractivity contribution in [3.63, 3.8) is 0 Å². The second-order valence-corrected chi connectivity index (χ2v) is 8.05. The fraction of sp³-hybridized carbons (Fsp3) is 0.250. The van der Waals surface area contributed by atoms with Crippen molar-refractivity contribution in [3.8, 4) is 0 Å². The summed E-state index contributed by atoms with van der Waals surface area (Å²) < 4.78 is 27.6. The Morgan fingerprint density at radius 3 is 2.35 bits per heavy atom. The molecule has 7 heteroatoms. The number of hydrogen-bond donors (Lipinski definition) is 2. The van der Waals surface area contributed by atoms with Gasteiger partial charge in [0.15, 0.2) is 0 Å². The molecular weight excluding hydrogens is 355 g/mol. The predicted molar refractivity (Wildman–Crippen MR) is 93.6 cm³/mol. The number of halogens is 2. The molecule has 4 nitrogen and oxygen atoms in total. The Labute approximate surface area is 147 Å². The Balaban J connectivity index is 2.22. The molecule has 2 aromatic rings. The van der Waals surface area contributed by atoms with Crippen LogP contribution in [-0.4, -0.2) is 29.1 Å². The Kier molecular flexibility index (Phi) is 6.06. The van der Waals surface area contributed by atoms with E-state index in [0.29, 0.717) is 5.02 Å². The molecule has 2 rings (SSSR count). The molecule has 0 amide bonds. The maximum Gasteiger partial charge on any atom is 0.242 e. The lowest BCUT2D eigenvalue weighted by atomic mass is 10.1. The average molecular weight is 374 g/mol. The summed E-state index contributed by atoms with van der Waals surface area (Å²) >= 11 is 11.9. The van der Waals surface area contributed by atoms with Crippen LogP contribution in [0.15, 0.2) is 53.4 Å². The van der Waals surface area contributed by atoms with E-state index >= 15 is 0 Å². The standard InChI is InChI=1S/C16H18Cl2N2O2S/c1-20(2)15(12-6-4-3-5-7-12)11-19-23(21,22)16-10-13(17)8-9-14(16)18/h3-10,15,19H,11H2,1-2H3/p+1/t15-/m1/s1. The minimum absolute atomic E-state index is 0.00719.